The maximum atomic E-state index is 10.6. The van der Waals surface area contributed by atoms with E-state index in [-0.39, 0.29) is 11.2 Å². The minimum Gasteiger partial charge on any atom is -0.508 e. The van der Waals surface area contributed by atoms with Crippen LogP contribution in [0, 0.1) is 22.7 Å². The zero-order valence-corrected chi connectivity index (χ0v) is 14.7. The number of hydrogen-bond donors (Lipinski definition) is 2. The zero-order valence-electron chi connectivity index (χ0n) is 14.7. The molecule has 0 heterocycles. The molecular formula is C21H30O2. The molecule has 1 aromatic carbocycles. The molecule has 3 aliphatic carbocycles. The Kier molecular flexibility index (Phi) is 3.12. The van der Waals surface area contributed by atoms with E-state index >= 15 is 0 Å². The number of aromatic hydroxyl groups is 2. The van der Waals surface area contributed by atoms with Crippen molar-refractivity contribution in [3.8, 4) is 11.5 Å². The van der Waals surface area contributed by atoms with Crippen molar-refractivity contribution in [1.29, 1.82) is 0 Å². The molecule has 2 bridgehead atoms. The second kappa shape index (κ2) is 4.68. The third-order valence-corrected chi connectivity index (χ3v) is 7.67. The summed E-state index contributed by atoms with van der Waals surface area (Å²) in [6.45, 7) is 7.32. The number of fused-ring (bicyclic) bond motifs is 4. The van der Waals surface area contributed by atoms with Gasteiger partial charge in [0.05, 0.1) is 0 Å². The van der Waals surface area contributed by atoms with Crippen molar-refractivity contribution < 1.29 is 10.2 Å². The van der Waals surface area contributed by atoms with Gasteiger partial charge in [0.25, 0.3) is 0 Å². The van der Waals surface area contributed by atoms with Gasteiger partial charge in [-0.25, -0.2) is 0 Å². The van der Waals surface area contributed by atoms with Crippen LogP contribution in [-0.2, 0) is 5.41 Å². The van der Waals surface area contributed by atoms with Gasteiger partial charge in [-0.15, -0.1) is 0 Å². The molecule has 2 nitrogen and oxygen atoms in total. The van der Waals surface area contributed by atoms with Crippen molar-refractivity contribution in [2.24, 2.45) is 22.7 Å². The Morgan fingerprint density at radius 3 is 2.48 bits per heavy atom. The Morgan fingerprint density at radius 1 is 1.00 bits per heavy atom. The molecule has 3 fully saturated rings. The first kappa shape index (κ1) is 15.4. The lowest BCUT2D eigenvalue weighted by Crippen LogP contribution is -2.54. The van der Waals surface area contributed by atoms with E-state index < -0.39 is 0 Å². The van der Waals surface area contributed by atoms with E-state index in [2.05, 4.69) is 20.8 Å². The highest BCUT2D eigenvalue weighted by Gasteiger charge is 2.61. The molecule has 3 saturated carbocycles. The summed E-state index contributed by atoms with van der Waals surface area (Å²) in [5.41, 5.74) is 2.07. The molecule has 4 atom stereocenters. The molecule has 23 heavy (non-hydrogen) atoms. The molecule has 0 saturated heterocycles. The maximum absolute atomic E-state index is 10.6. The number of phenols is 2. The molecule has 4 rings (SSSR count). The molecule has 0 amide bonds. The third-order valence-electron chi connectivity index (χ3n) is 7.67. The third kappa shape index (κ3) is 2.13. The predicted molar refractivity (Wildman–Crippen MR) is 92.6 cm³/mol. The Hall–Kier alpha value is -1.18. The first-order chi connectivity index (χ1) is 10.8. The van der Waals surface area contributed by atoms with Gasteiger partial charge in [-0.3, -0.25) is 0 Å². The number of phenolic OH excluding ortho intramolecular Hbond substituents is 2. The van der Waals surface area contributed by atoms with E-state index in [0.29, 0.717) is 22.5 Å². The lowest BCUT2D eigenvalue weighted by Gasteiger charge is -2.60. The molecule has 1 aromatic rings. The predicted octanol–water partition coefficient (Wildman–Crippen LogP) is 5.37. The average Bonchev–Trinajstić information content (AvgIpc) is 2.51. The van der Waals surface area contributed by atoms with Gasteiger partial charge >= 0.3 is 0 Å². The molecule has 0 spiro atoms. The lowest BCUT2D eigenvalue weighted by molar-refractivity contribution is -0.0686. The van der Waals surface area contributed by atoms with Crippen molar-refractivity contribution in [3.63, 3.8) is 0 Å². The van der Waals surface area contributed by atoms with Crippen molar-refractivity contribution in [3.05, 3.63) is 23.8 Å². The van der Waals surface area contributed by atoms with Crippen LogP contribution in [-0.4, -0.2) is 10.2 Å². The standard InChI is InChI=1S/C21H30O2/c1-19(2)12-17-15(19)7-10-20(3)8-4-9-21(17,13-20)16-6-5-14(22)11-18(16)23/h5-6,11,15,17,22-23H,4,7-10,12-13H2,1-3H3/t15-,17+,20+,21+/m1/s1. The quantitative estimate of drug-likeness (QED) is 0.731. The first-order valence-corrected chi connectivity index (χ1v) is 9.28. The SMILES string of the molecule is CC1(C)C[C@H]2[C@H]1CC[C@]1(C)CCC[C@@]2(c2ccc(O)cc2O)C1. The second-order valence-corrected chi connectivity index (χ2v) is 9.64. The van der Waals surface area contributed by atoms with Gasteiger partial charge in [-0.05, 0) is 67.3 Å². The van der Waals surface area contributed by atoms with E-state index in [0.717, 1.165) is 11.5 Å². The van der Waals surface area contributed by atoms with Gasteiger partial charge in [0, 0.05) is 17.0 Å². The minimum absolute atomic E-state index is 0.113. The molecule has 0 radical (unpaired) electrons. The van der Waals surface area contributed by atoms with Crippen LogP contribution in [0.4, 0.5) is 0 Å². The van der Waals surface area contributed by atoms with Crippen LogP contribution in [0.25, 0.3) is 0 Å². The topological polar surface area (TPSA) is 40.5 Å². The van der Waals surface area contributed by atoms with Crippen LogP contribution >= 0.6 is 0 Å². The summed E-state index contributed by atoms with van der Waals surface area (Å²) < 4.78 is 0. The summed E-state index contributed by atoms with van der Waals surface area (Å²) in [5, 5.41) is 20.3. The fraction of sp³-hybridized carbons (Fsp3) is 0.714. The average molecular weight is 314 g/mol. The van der Waals surface area contributed by atoms with Crippen LogP contribution in [0.1, 0.15) is 71.3 Å². The fourth-order valence-corrected chi connectivity index (χ4v) is 6.59. The van der Waals surface area contributed by atoms with Gasteiger partial charge < -0.3 is 10.2 Å². The summed E-state index contributed by atoms with van der Waals surface area (Å²) in [6, 6.07) is 5.31. The summed E-state index contributed by atoms with van der Waals surface area (Å²) in [6.07, 6.45) is 8.93. The van der Waals surface area contributed by atoms with Crippen LogP contribution in [0.2, 0.25) is 0 Å². The summed E-state index contributed by atoms with van der Waals surface area (Å²) >= 11 is 0. The number of hydrogen-bond acceptors (Lipinski definition) is 2. The molecule has 0 aliphatic heterocycles. The highest BCUT2D eigenvalue weighted by atomic mass is 16.3. The van der Waals surface area contributed by atoms with E-state index in [1.54, 1.807) is 12.1 Å². The highest BCUT2D eigenvalue weighted by Crippen LogP contribution is 2.69. The molecule has 2 N–H and O–H groups in total. The number of benzene rings is 1. The Morgan fingerprint density at radius 2 is 1.78 bits per heavy atom. The zero-order chi connectivity index (χ0) is 16.5. The largest absolute Gasteiger partial charge is 0.508 e. The van der Waals surface area contributed by atoms with E-state index in [1.165, 1.54) is 44.9 Å². The van der Waals surface area contributed by atoms with Crippen molar-refractivity contribution >= 4 is 0 Å². The molecule has 0 unspecified atom stereocenters. The van der Waals surface area contributed by atoms with Gasteiger partial charge in [-0.1, -0.05) is 33.3 Å². The van der Waals surface area contributed by atoms with Crippen molar-refractivity contribution in [2.75, 3.05) is 0 Å². The van der Waals surface area contributed by atoms with Crippen molar-refractivity contribution in [1.82, 2.24) is 0 Å². The molecule has 0 aromatic heterocycles. The second-order valence-electron chi connectivity index (χ2n) is 9.64. The van der Waals surface area contributed by atoms with E-state index in [1.807, 2.05) is 6.07 Å². The summed E-state index contributed by atoms with van der Waals surface area (Å²) in [7, 11) is 0. The Labute approximate surface area is 139 Å². The molecule has 2 heteroatoms. The normalized spacial score (nSPS) is 41.5. The van der Waals surface area contributed by atoms with Crippen LogP contribution < -0.4 is 0 Å². The van der Waals surface area contributed by atoms with Crippen molar-refractivity contribution in [2.45, 2.75) is 71.1 Å². The van der Waals surface area contributed by atoms with Gasteiger partial charge in [-0.2, -0.15) is 0 Å². The first-order valence-electron chi connectivity index (χ1n) is 9.28. The summed E-state index contributed by atoms with van der Waals surface area (Å²) in [4.78, 5) is 0. The molecule has 3 aliphatic rings. The maximum Gasteiger partial charge on any atom is 0.123 e. The Bertz CT molecular complexity index is 635. The summed E-state index contributed by atoms with van der Waals surface area (Å²) in [5.74, 6) is 1.94. The van der Waals surface area contributed by atoms with Gasteiger partial charge in [0.1, 0.15) is 11.5 Å². The van der Waals surface area contributed by atoms with Gasteiger partial charge in [0.15, 0.2) is 0 Å². The number of rotatable bonds is 1. The fourth-order valence-electron chi connectivity index (χ4n) is 6.59. The smallest absolute Gasteiger partial charge is 0.123 e. The van der Waals surface area contributed by atoms with E-state index in [4.69, 9.17) is 0 Å². The van der Waals surface area contributed by atoms with E-state index in [9.17, 15) is 10.2 Å². The molecular weight excluding hydrogens is 284 g/mol. The molecule has 126 valence electrons. The Balaban J connectivity index is 1.85. The van der Waals surface area contributed by atoms with Crippen LogP contribution in [0.15, 0.2) is 18.2 Å². The highest BCUT2D eigenvalue weighted by molar-refractivity contribution is 5.45. The van der Waals surface area contributed by atoms with Crippen LogP contribution in [0.5, 0.6) is 11.5 Å². The minimum atomic E-state index is 0.113. The van der Waals surface area contributed by atoms with Crippen LogP contribution in [0.3, 0.4) is 0 Å². The van der Waals surface area contributed by atoms with Gasteiger partial charge in [0.2, 0.25) is 0 Å². The lowest BCUT2D eigenvalue weighted by atomic mass is 9.44. The monoisotopic (exact) mass is 314 g/mol.